The van der Waals surface area contributed by atoms with Crippen LogP contribution in [0, 0.1) is 0 Å². The molecule has 1 amide bonds. The largest absolute Gasteiger partial charge is 0.508 e. The average molecular weight is 433 g/mol. The van der Waals surface area contributed by atoms with E-state index >= 15 is 0 Å². The van der Waals surface area contributed by atoms with Crippen LogP contribution in [-0.4, -0.2) is 48.6 Å². The van der Waals surface area contributed by atoms with Crippen LogP contribution in [0.1, 0.15) is 22.8 Å². The van der Waals surface area contributed by atoms with E-state index in [0.29, 0.717) is 18.7 Å². The number of phenolic OH excluding ortho intramolecular Hbond substituents is 1. The minimum absolute atomic E-state index is 0.139. The van der Waals surface area contributed by atoms with Crippen molar-refractivity contribution in [2.45, 2.75) is 13.5 Å². The third-order valence-corrected chi connectivity index (χ3v) is 4.35. The fraction of sp³-hybridized carbons (Fsp3) is 0.300. The zero-order valence-corrected chi connectivity index (χ0v) is 17.2. The van der Waals surface area contributed by atoms with E-state index in [2.05, 4.69) is 48.6 Å². The minimum Gasteiger partial charge on any atom is -0.508 e. The van der Waals surface area contributed by atoms with Crippen molar-refractivity contribution < 1.29 is 9.90 Å². The maximum atomic E-state index is 12.1. The number of rotatable bonds is 7. The summed E-state index contributed by atoms with van der Waals surface area (Å²) in [6.07, 6.45) is 0. The topological polar surface area (TPSA) is 77.0 Å². The van der Waals surface area contributed by atoms with Gasteiger partial charge in [-0.2, -0.15) is 0 Å². The molecule has 2 aromatic rings. The molecule has 3 N–H and O–H groups in total. The van der Waals surface area contributed by atoms with Crippen LogP contribution in [0.15, 0.2) is 58.0 Å². The summed E-state index contributed by atoms with van der Waals surface area (Å²) >= 11 is 3.44. The first kappa shape index (κ1) is 20.8. The number of nitrogens with zero attached hydrogens (tertiary/aromatic N) is 2. The van der Waals surface area contributed by atoms with Crippen LogP contribution >= 0.6 is 15.9 Å². The molecule has 0 radical (unpaired) electrons. The summed E-state index contributed by atoms with van der Waals surface area (Å²) in [4.78, 5) is 18.7. The predicted octanol–water partition coefficient (Wildman–Crippen LogP) is 2.98. The van der Waals surface area contributed by atoms with E-state index < -0.39 is 0 Å². The smallest absolute Gasteiger partial charge is 0.251 e. The summed E-state index contributed by atoms with van der Waals surface area (Å²) < 4.78 is 1.05. The van der Waals surface area contributed by atoms with Gasteiger partial charge in [-0.05, 0) is 48.9 Å². The first-order valence-electron chi connectivity index (χ1n) is 8.80. The number of nitrogens with one attached hydrogen (secondary N) is 2. The first-order valence-corrected chi connectivity index (χ1v) is 9.60. The average Bonchev–Trinajstić information content (AvgIpc) is 2.66. The molecule has 0 aliphatic carbocycles. The molecule has 0 aliphatic heterocycles. The molecule has 0 saturated heterocycles. The third kappa shape index (κ3) is 6.94. The molecule has 2 rings (SSSR count). The molecule has 0 saturated carbocycles. The van der Waals surface area contributed by atoms with Gasteiger partial charge in [-0.3, -0.25) is 9.79 Å². The van der Waals surface area contributed by atoms with Crippen LogP contribution in [0.3, 0.4) is 0 Å². The second kappa shape index (κ2) is 10.6. The van der Waals surface area contributed by atoms with E-state index in [4.69, 9.17) is 0 Å². The van der Waals surface area contributed by atoms with Gasteiger partial charge in [0.05, 0.1) is 6.54 Å². The highest BCUT2D eigenvalue weighted by Crippen LogP contribution is 2.12. The van der Waals surface area contributed by atoms with Gasteiger partial charge in [0.2, 0.25) is 0 Å². The van der Waals surface area contributed by atoms with Crippen molar-refractivity contribution in [3.8, 4) is 5.75 Å². The number of carbonyl (C=O) groups excluding carboxylic acids is 1. The highest BCUT2D eigenvalue weighted by molar-refractivity contribution is 9.10. The van der Waals surface area contributed by atoms with Gasteiger partial charge in [0.1, 0.15) is 5.75 Å². The first-order chi connectivity index (χ1) is 13.0. The molecule has 2 aromatic carbocycles. The molecular weight excluding hydrogens is 408 g/mol. The molecule has 7 heteroatoms. The lowest BCUT2D eigenvalue weighted by atomic mass is 10.2. The Bertz CT molecular complexity index is 761. The maximum Gasteiger partial charge on any atom is 0.251 e. The second-order valence-corrected chi connectivity index (χ2v) is 6.94. The number of guanidine groups is 1. The van der Waals surface area contributed by atoms with E-state index in [1.54, 1.807) is 12.1 Å². The van der Waals surface area contributed by atoms with Crippen molar-refractivity contribution in [3.05, 3.63) is 64.1 Å². The van der Waals surface area contributed by atoms with Gasteiger partial charge >= 0.3 is 0 Å². The van der Waals surface area contributed by atoms with Gasteiger partial charge < -0.3 is 20.6 Å². The fourth-order valence-corrected chi connectivity index (χ4v) is 2.72. The monoisotopic (exact) mass is 432 g/mol. The van der Waals surface area contributed by atoms with Gasteiger partial charge in [-0.15, -0.1) is 0 Å². The minimum atomic E-state index is -0.182. The lowest BCUT2D eigenvalue weighted by Gasteiger charge is -2.22. The number of hydrogen-bond donors (Lipinski definition) is 3. The standard InChI is InChI=1S/C20H25BrN4O2/c1-3-22-20(25(2)14-15-4-8-17(21)9-5-15)24-13-12-23-19(27)16-6-10-18(26)11-7-16/h4-11,26H,3,12-14H2,1-2H3,(H,22,24)(H,23,27). The van der Waals surface area contributed by atoms with E-state index in [-0.39, 0.29) is 11.7 Å². The second-order valence-electron chi connectivity index (χ2n) is 6.02. The Hall–Kier alpha value is -2.54. The predicted molar refractivity (Wildman–Crippen MR) is 112 cm³/mol. The molecule has 0 fully saturated rings. The summed E-state index contributed by atoms with van der Waals surface area (Å²) in [5.74, 6) is 0.748. The van der Waals surface area contributed by atoms with Crippen LogP contribution in [0.4, 0.5) is 0 Å². The summed E-state index contributed by atoms with van der Waals surface area (Å²) in [5, 5.41) is 15.4. The van der Waals surface area contributed by atoms with Crippen molar-refractivity contribution >= 4 is 27.8 Å². The number of hydrogen-bond acceptors (Lipinski definition) is 3. The molecule has 0 heterocycles. The zero-order chi connectivity index (χ0) is 19.6. The Morgan fingerprint density at radius 1 is 1.11 bits per heavy atom. The van der Waals surface area contributed by atoms with Crippen molar-refractivity contribution in [3.63, 3.8) is 0 Å². The van der Waals surface area contributed by atoms with Crippen molar-refractivity contribution in [2.75, 3.05) is 26.7 Å². The molecule has 0 bridgehead atoms. The number of amides is 1. The Kier molecular flexibility index (Phi) is 8.13. The Labute approximate surface area is 168 Å². The van der Waals surface area contributed by atoms with E-state index in [1.165, 1.54) is 17.7 Å². The number of carbonyl (C=O) groups is 1. The number of phenols is 1. The maximum absolute atomic E-state index is 12.1. The highest BCUT2D eigenvalue weighted by atomic mass is 79.9. The quantitative estimate of drug-likeness (QED) is 0.357. The summed E-state index contributed by atoms with van der Waals surface area (Å²) in [5.41, 5.74) is 1.70. The van der Waals surface area contributed by atoms with E-state index in [0.717, 1.165) is 23.5 Å². The molecule has 0 unspecified atom stereocenters. The van der Waals surface area contributed by atoms with Crippen molar-refractivity contribution in [1.29, 1.82) is 0 Å². The van der Waals surface area contributed by atoms with E-state index in [9.17, 15) is 9.90 Å². The normalized spacial score (nSPS) is 11.1. The van der Waals surface area contributed by atoms with Gasteiger partial charge in [-0.25, -0.2) is 0 Å². The molecular formula is C20H25BrN4O2. The van der Waals surface area contributed by atoms with Crippen molar-refractivity contribution in [2.24, 2.45) is 4.99 Å². The lowest BCUT2D eigenvalue weighted by Crippen LogP contribution is -2.39. The fourth-order valence-electron chi connectivity index (χ4n) is 2.45. The molecule has 0 spiro atoms. The third-order valence-electron chi connectivity index (χ3n) is 3.82. The molecule has 144 valence electrons. The van der Waals surface area contributed by atoms with Crippen LogP contribution in [-0.2, 0) is 6.54 Å². The van der Waals surface area contributed by atoms with E-state index in [1.807, 2.05) is 26.1 Å². The number of halogens is 1. The Morgan fingerprint density at radius 2 is 1.78 bits per heavy atom. The SMILES string of the molecule is CCNC(=NCCNC(=O)c1ccc(O)cc1)N(C)Cc1ccc(Br)cc1. The van der Waals surface area contributed by atoms with Crippen LogP contribution in [0.2, 0.25) is 0 Å². The molecule has 0 atom stereocenters. The number of benzene rings is 2. The number of aliphatic imine (C=N–C) groups is 1. The highest BCUT2D eigenvalue weighted by Gasteiger charge is 2.07. The Balaban J connectivity index is 1.87. The summed E-state index contributed by atoms with van der Waals surface area (Å²) in [7, 11) is 1.98. The van der Waals surface area contributed by atoms with Gasteiger partial charge in [0, 0.05) is 36.7 Å². The molecule has 6 nitrogen and oxygen atoms in total. The van der Waals surface area contributed by atoms with Gasteiger partial charge in [-0.1, -0.05) is 28.1 Å². The van der Waals surface area contributed by atoms with Crippen LogP contribution in [0.5, 0.6) is 5.75 Å². The molecule has 0 aliphatic rings. The van der Waals surface area contributed by atoms with Crippen LogP contribution in [0.25, 0.3) is 0 Å². The lowest BCUT2D eigenvalue weighted by molar-refractivity contribution is 0.0955. The summed E-state index contributed by atoms with van der Waals surface area (Å²) in [6.45, 7) is 4.43. The summed E-state index contributed by atoms with van der Waals surface area (Å²) in [6, 6.07) is 14.3. The van der Waals surface area contributed by atoms with Crippen LogP contribution < -0.4 is 10.6 Å². The molecule has 0 aromatic heterocycles. The van der Waals surface area contributed by atoms with Crippen molar-refractivity contribution in [1.82, 2.24) is 15.5 Å². The van der Waals surface area contributed by atoms with Gasteiger partial charge in [0.15, 0.2) is 5.96 Å². The molecule has 27 heavy (non-hydrogen) atoms. The Morgan fingerprint density at radius 3 is 2.41 bits per heavy atom. The van der Waals surface area contributed by atoms with Gasteiger partial charge in [0.25, 0.3) is 5.91 Å². The zero-order valence-electron chi connectivity index (χ0n) is 15.6. The number of aromatic hydroxyl groups is 1.